The molecule has 0 N–H and O–H groups in total. The molecule has 0 unspecified atom stereocenters. The fourth-order valence-corrected chi connectivity index (χ4v) is 2.98. The average molecular weight is 442 g/mol. The van der Waals surface area contributed by atoms with Crippen LogP contribution in [0.1, 0.15) is 11.1 Å². The van der Waals surface area contributed by atoms with Gasteiger partial charge in [-0.2, -0.15) is 8.78 Å². The first kappa shape index (κ1) is 23.3. The molecule has 0 atom stereocenters. The number of hydrogen-bond donors (Lipinski definition) is 0. The van der Waals surface area contributed by atoms with Gasteiger partial charge in [0.25, 0.3) is 0 Å². The summed E-state index contributed by atoms with van der Waals surface area (Å²) < 4.78 is 44.8. The van der Waals surface area contributed by atoms with Crippen LogP contribution < -0.4 is 18.9 Å². The summed E-state index contributed by atoms with van der Waals surface area (Å²) >= 11 is 6.17. The largest absolute Gasteiger partial charge is 0.493 e. The van der Waals surface area contributed by atoms with E-state index in [0.717, 1.165) is 0 Å². The molecule has 0 radical (unpaired) electrons. The van der Waals surface area contributed by atoms with Crippen LogP contribution in [-0.2, 0) is 11.3 Å². The highest BCUT2D eigenvalue weighted by Crippen LogP contribution is 2.36. The Morgan fingerprint density at radius 3 is 2.37 bits per heavy atom. The monoisotopic (exact) mass is 441 g/mol. The molecule has 0 spiro atoms. The standard InChI is InChI=1S/C21H22ClF2NO5/c1-25(12-14-5-7-16(30-21(23)24)17(11-14)27-2)19(26)8-6-13-9-15(22)20(29-4)18(10-13)28-3/h5-11,21H,12H2,1-4H3/b8-6+. The van der Waals surface area contributed by atoms with Crippen molar-refractivity contribution in [3.05, 3.63) is 52.6 Å². The third-order valence-electron chi connectivity index (χ3n) is 4.11. The van der Waals surface area contributed by atoms with Gasteiger partial charge in [0.1, 0.15) is 0 Å². The minimum Gasteiger partial charge on any atom is -0.493 e. The molecule has 0 saturated heterocycles. The van der Waals surface area contributed by atoms with Crippen LogP contribution in [0.5, 0.6) is 23.0 Å². The molecule has 0 aromatic heterocycles. The van der Waals surface area contributed by atoms with Crippen LogP contribution in [-0.4, -0.2) is 45.8 Å². The zero-order chi connectivity index (χ0) is 22.3. The number of likely N-dealkylation sites (N-methyl/N-ethyl adjacent to an activating group) is 1. The highest BCUT2D eigenvalue weighted by atomic mass is 35.5. The molecule has 0 fully saturated rings. The summed E-state index contributed by atoms with van der Waals surface area (Å²) in [4.78, 5) is 13.9. The Kier molecular flexibility index (Phi) is 8.29. The van der Waals surface area contributed by atoms with Crippen molar-refractivity contribution in [2.45, 2.75) is 13.2 Å². The van der Waals surface area contributed by atoms with E-state index in [1.54, 1.807) is 37.4 Å². The number of alkyl halides is 2. The van der Waals surface area contributed by atoms with Crippen molar-refractivity contribution in [1.82, 2.24) is 4.90 Å². The second-order valence-electron chi connectivity index (χ2n) is 6.13. The van der Waals surface area contributed by atoms with Gasteiger partial charge < -0.3 is 23.8 Å². The fraction of sp³-hybridized carbons (Fsp3) is 0.286. The Hall–Kier alpha value is -3.00. The van der Waals surface area contributed by atoms with Gasteiger partial charge in [-0.05, 0) is 41.5 Å². The molecule has 2 rings (SSSR count). The first-order chi connectivity index (χ1) is 14.3. The molecule has 2 aromatic rings. The Balaban J connectivity index is 2.10. The number of methoxy groups -OCH3 is 3. The van der Waals surface area contributed by atoms with E-state index in [1.165, 1.54) is 38.4 Å². The number of hydrogen-bond acceptors (Lipinski definition) is 5. The molecule has 0 aliphatic rings. The van der Waals surface area contributed by atoms with Gasteiger partial charge in [-0.1, -0.05) is 17.7 Å². The van der Waals surface area contributed by atoms with Gasteiger partial charge in [-0.3, -0.25) is 4.79 Å². The quantitative estimate of drug-likeness (QED) is 0.531. The summed E-state index contributed by atoms with van der Waals surface area (Å²) in [6.45, 7) is -2.72. The molecule has 162 valence electrons. The van der Waals surface area contributed by atoms with Crippen LogP contribution in [0, 0.1) is 0 Å². The predicted molar refractivity (Wildman–Crippen MR) is 110 cm³/mol. The van der Waals surface area contributed by atoms with Crippen LogP contribution in [0.4, 0.5) is 8.78 Å². The van der Waals surface area contributed by atoms with E-state index in [1.807, 2.05) is 0 Å². The van der Waals surface area contributed by atoms with E-state index in [2.05, 4.69) is 4.74 Å². The number of nitrogens with zero attached hydrogens (tertiary/aromatic N) is 1. The summed E-state index contributed by atoms with van der Waals surface area (Å²) in [5.41, 5.74) is 1.35. The maximum absolute atomic E-state index is 12.4. The second kappa shape index (κ2) is 10.7. The van der Waals surface area contributed by atoms with Gasteiger partial charge in [-0.15, -0.1) is 0 Å². The first-order valence-electron chi connectivity index (χ1n) is 8.75. The van der Waals surface area contributed by atoms with Gasteiger partial charge >= 0.3 is 6.61 Å². The van der Waals surface area contributed by atoms with E-state index in [9.17, 15) is 13.6 Å². The number of benzene rings is 2. The maximum Gasteiger partial charge on any atom is 0.387 e. The van der Waals surface area contributed by atoms with Crippen molar-refractivity contribution >= 4 is 23.6 Å². The molecule has 2 aromatic carbocycles. The molecule has 9 heteroatoms. The lowest BCUT2D eigenvalue weighted by Crippen LogP contribution is -2.24. The predicted octanol–water partition coefficient (Wildman–Crippen LogP) is 4.64. The fourth-order valence-electron chi connectivity index (χ4n) is 2.68. The van der Waals surface area contributed by atoms with E-state index >= 15 is 0 Å². The lowest BCUT2D eigenvalue weighted by Gasteiger charge is -2.17. The number of rotatable bonds is 9. The Morgan fingerprint density at radius 1 is 1.07 bits per heavy atom. The lowest BCUT2D eigenvalue weighted by molar-refractivity contribution is -0.125. The lowest BCUT2D eigenvalue weighted by atomic mass is 10.1. The third-order valence-corrected chi connectivity index (χ3v) is 4.40. The zero-order valence-corrected chi connectivity index (χ0v) is 17.7. The Labute approximate surface area is 178 Å². The Morgan fingerprint density at radius 2 is 1.77 bits per heavy atom. The average Bonchev–Trinajstić information content (AvgIpc) is 2.71. The van der Waals surface area contributed by atoms with Crippen molar-refractivity contribution in [3.8, 4) is 23.0 Å². The molecule has 1 amide bonds. The highest BCUT2D eigenvalue weighted by molar-refractivity contribution is 6.32. The second-order valence-corrected chi connectivity index (χ2v) is 6.54. The summed E-state index contributed by atoms with van der Waals surface area (Å²) in [6, 6.07) is 7.85. The summed E-state index contributed by atoms with van der Waals surface area (Å²) in [5.74, 6) is 0.670. The van der Waals surface area contributed by atoms with Crippen LogP contribution in [0.2, 0.25) is 5.02 Å². The van der Waals surface area contributed by atoms with Gasteiger partial charge in [0.15, 0.2) is 23.0 Å². The molecule has 30 heavy (non-hydrogen) atoms. The van der Waals surface area contributed by atoms with E-state index < -0.39 is 6.61 Å². The first-order valence-corrected chi connectivity index (χ1v) is 9.13. The molecule has 0 aliphatic heterocycles. The van der Waals surface area contributed by atoms with Crippen molar-refractivity contribution in [2.75, 3.05) is 28.4 Å². The smallest absolute Gasteiger partial charge is 0.387 e. The minimum atomic E-state index is -2.95. The topological polar surface area (TPSA) is 57.2 Å². The minimum absolute atomic E-state index is 0.0737. The zero-order valence-electron chi connectivity index (χ0n) is 16.9. The number of carbonyl (C=O) groups is 1. The molecule has 0 aliphatic carbocycles. The van der Waals surface area contributed by atoms with Gasteiger partial charge in [0.05, 0.1) is 26.4 Å². The third kappa shape index (κ3) is 6.00. The summed E-state index contributed by atoms with van der Waals surface area (Å²) in [6.07, 6.45) is 3.00. The normalized spacial score (nSPS) is 10.9. The maximum atomic E-state index is 12.4. The number of ether oxygens (including phenoxy) is 4. The van der Waals surface area contributed by atoms with Crippen LogP contribution in [0.25, 0.3) is 6.08 Å². The summed E-state index contributed by atoms with van der Waals surface area (Å²) in [5, 5.41) is 0.357. The van der Waals surface area contributed by atoms with Gasteiger partial charge in [0, 0.05) is 19.7 Å². The van der Waals surface area contributed by atoms with Crippen molar-refractivity contribution in [1.29, 1.82) is 0 Å². The highest BCUT2D eigenvalue weighted by Gasteiger charge is 2.14. The molecular weight excluding hydrogens is 420 g/mol. The van der Waals surface area contributed by atoms with E-state index in [0.29, 0.717) is 27.6 Å². The molecule has 0 saturated carbocycles. The molecular formula is C21H22ClF2NO5. The molecule has 0 heterocycles. The van der Waals surface area contributed by atoms with Crippen LogP contribution in [0.3, 0.4) is 0 Å². The number of carbonyl (C=O) groups excluding carboxylic acids is 1. The Bertz CT molecular complexity index is 921. The van der Waals surface area contributed by atoms with E-state index in [-0.39, 0.29) is 24.0 Å². The molecule has 6 nitrogen and oxygen atoms in total. The van der Waals surface area contributed by atoms with Crippen LogP contribution in [0.15, 0.2) is 36.4 Å². The SMILES string of the molecule is COc1cc(CN(C)C(=O)/C=C/c2cc(Cl)c(OC)c(OC)c2)ccc1OC(F)F. The van der Waals surface area contributed by atoms with Crippen molar-refractivity contribution in [3.63, 3.8) is 0 Å². The molecule has 0 bridgehead atoms. The van der Waals surface area contributed by atoms with Gasteiger partial charge in [-0.25, -0.2) is 0 Å². The van der Waals surface area contributed by atoms with Crippen molar-refractivity contribution < 1.29 is 32.5 Å². The van der Waals surface area contributed by atoms with E-state index in [4.69, 9.17) is 25.8 Å². The summed E-state index contributed by atoms with van der Waals surface area (Å²) in [7, 11) is 5.94. The van der Waals surface area contributed by atoms with Gasteiger partial charge in [0.2, 0.25) is 5.91 Å². The number of halogens is 3. The van der Waals surface area contributed by atoms with Crippen molar-refractivity contribution in [2.24, 2.45) is 0 Å². The number of amides is 1. The van der Waals surface area contributed by atoms with Crippen LogP contribution >= 0.6 is 11.6 Å².